The molecule has 0 bridgehead atoms. The molecule has 0 unspecified atom stereocenters. The molecular formula is C42H28N2O2. The van der Waals surface area contributed by atoms with Crippen LogP contribution in [0.3, 0.4) is 0 Å². The van der Waals surface area contributed by atoms with Crippen LogP contribution >= 0.6 is 0 Å². The lowest BCUT2D eigenvalue weighted by Gasteiger charge is -2.25. The maximum atomic E-state index is 6.62. The molecule has 0 saturated heterocycles. The highest BCUT2D eigenvalue weighted by atomic mass is 16.3. The molecular weight excluding hydrogens is 564 g/mol. The summed E-state index contributed by atoms with van der Waals surface area (Å²) in [5.74, 6) is 0. The van der Waals surface area contributed by atoms with Gasteiger partial charge in [0.2, 0.25) is 0 Å². The van der Waals surface area contributed by atoms with E-state index in [2.05, 4.69) is 143 Å². The molecule has 4 nitrogen and oxygen atoms in total. The highest BCUT2D eigenvalue weighted by Gasteiger charge is 2.19. The number of hydrogen-bond donors (Lipinski definition) is 0. The Bertz CT molecular complexity index is 2440. The molecule has 0 atom stereocenters. The van der Waals surface area contributed by atoms with Crippen LogP contribution in [-0.4, -0.2) is 0 Å². The summed E-state index contributed by atoms with van der Waals surface area (Å²) in [6, 6.07) is 58.8. The van der Waals surface area contributed by atoms with Crippen molar-refractivity contribution in [2.24, 2.45) is 0 Å². The minimum Gasteiger partial charge on any atom is -0.456 e. The molecule has 0 aliphatic rings. The fraction of sp³-hybridized carbons (Fsp3) is 0. The van der Waals surface area contributed by atoms with Gasteiger partial charge in [0, 0.05) is 73.9 Å². The van der Waals surface area contributed by atoms with Gasteiger partial charge in [-0.2, -0.15) is 0 Å². The van der Waals surface area contributed by atoms with Crippen molar-refractivity contribution < 1.29 is 8.83 Å². The summed E-state index contributed by atoms with van der Waals surface area (Å²) in [4.78, 5) is 4.50. The summed E-state index contributed by atoms with van der Waals surface area (Å²) in [7, 11) is 0. The second-order valence-electron chi connectivity index (χ2n) is 11.4. The van der Waals surface area contributed by atoms with Crippen LogP contribution in [0.25, 0.3) is 43.9 Å². The van der Waals surface area contributed by atoms with E-state index in [4.69, 9.17) is 8.83 Å². The van der Waals surface area contributed by atoms with Crippen LogP contribution in [-0.2, 0) is 0 Å². The van der Waals surface area contributed by atoms with Gasteiger partial charge in [0.25, 0.3) is 0 Å². The van der Waals surface area contributed by atoms with E-state index in [0.29, 0.717) is 0 Å². The Kier molecular flexibility index (Phi) is 6.10. The van der Waals surface area contributed by atoms with Crippen molar-refractivity contribution in [2.75, 3.05) is 9.80 Å². The number of nitrogens with zero attached hydrogens (tertiary/aromatic N) is 2. The number of fused-ring (bicyclic) bond motifs is 6. The van der Waals surface area contributed by atoms with Crippen molar-refractivity contribution in [1.82, 2.24) is 0 Å². The van der Waals surface area contributed by atoms with E-state index in [-0.39, 0.29) is 0 Å². The van der Waals surface area contributed by atoms with E-state index < -0.39 is 0 Å². The number of hydrogen-bond acceptors (Lipinski definition) is 4. The SMILES string of the molecule is c1ccc(N(c2ccccc2)c2ccc3c(c2)oc2cc(N(c4ccccc4)c4ccc5c(c4)oc4ccccc45)ccc23)cc1. The summed E-state index contributed by atoms with van der Waals surface area (Å²) >= 11 is 0. The lowest BCUT2D eigenvalue weighted by atomic mass is 10.1. The van der Waals surface area contributed by atoms with E-state index in [1.807, 2.05) is 36.4 Å². The maximum absolute atomic E-state index is 6.62. The minimum absolute atomic E-state index is 0.835. The fourth-order valence-corrected chi connectivity index (χ4v) is 6.51. The Morgan fingerprint density at radius 3 is 1.02 bits per heavy atom. The quantitative estimate of drug-likeness (QED) is 0.192. The van der Waals surface area contributed by atoms with Gasteiger partial charge in [0.05, 0.1) is 0 Å². The average molecular weight is 593 g/mol. The highest BCUT2D eigenvalue weighted by Crippen LogP contribution is 2.42. The zero-order chi connectivity index (χ0) is 30.5. The van der Waals surface area contributed by atoms with Gasteiger partial charge in [-0.05, 0) is 78.9 Å². The third-order valence-corrected chi connectivity index (χ3v) is 8.62. The van der Waals surface area contributed by atoms with Crippen LogP contribution in [0.15, 0.2) is 179 Å². The third-order valence-electron chi connectivity index (χ3n) is 8.62. The van der Waals surface area contributed by atoms with E-state index in [9.17, 15) is 0 Å². The molecule has 0 amide bonds. The molecule has 2 heterocycles. The van der Waals surface area contributed by atoms with E-state index in [1.165, 1.54) is 0 Å². The van der Waals surface area contributed by atoms with Crippen LogP contribution in [0.1, 0.15) is 0 Å². The summed E-state index contributed by atoms with van der Waals surface area (Å²) in [6.07, 6.45) is 0. The van der Waals surface area contributed by atoms with Gasteiger partial charge in [-0.25, -0.2) is 0 Å². The molecule has 0 radical (unpaired) electrons. The van der Waals surface area contributed by atoms with Crippen molar-refractivity contribution in [1.29, 1.82) is 0 Å². The lowest BCUT2D eigenvalue weighted by Crippen LogP contribution is -2.09. The molecule has 0 spiro atoms. The number of benzene rings is 7. The molecule has 0 aliphatic carbocycles. The van der Waals surface area contributed by atoms with Crippen molar-refractivity contribution in [3.05, 3.63) is 170 Å². The monoisotopic (exact) mass is 592 g/mol. The highest BCUT2D eigenvalue weighted by molar-refractivity contribution is 6.08. The first-order valence-electron chi connectivity index (χ1n) is 15.4. The van der Waals surface area contributed by atoms with E-state index in [0.717, 1.165) is 78.0 Å². The number of furan rings is 2. The van der Waals surface area contributed by atoms with Crippen molar-refractivity contribution in [3.63, 3.8) is 0 Å². The lowest BCUT2D eigenvalue weighted by molar-refractivity contribution is 0.669. The molecule has 7 aromatic carbocycles. The fourth-order valence-electron chi connectivity index (χ4n) is 6.51. The van der Waals surface area contributed by atoms with Crippen LogP contribution in [0.4, 0.5) is 34.1 Å². The van der Waals surface area contributed by atoms with Gasteiger partial charge in [-0.15, -0.1) is 0 Å². The predicted molar refractivity (Wildman–Crippen MR) is 190 cm³/mol. The van der Waals surface area contributed by atoms with Crippen molar-refractivity contribution >= 4 is 78.0 Å². The zero-order valence-corrected chi connectivity index (χ0v) is 24.9. The molecule has 9 aromatic rings. The van der Waals surface area contributed by atoms with Gasteiger partial charge in [0.15, 0.2) is 0 Å². The Balaban J connectivity index is 1.17. The molecule has 46 heavy (non-hydrogen) atoms. The van der Waals surface area contributed by atoms with Gasteiger partial charge in [-0.1, -0.05) is 72.8 Å². The summed E-state index contributed by atoms with van der Waals surface area (Å²) in [6.45, 7) is 0. The van der Waals surface area contributed by atoms with Crippen LogP contribution in [0.2, 0.25) is 0 Å². The Hall–Kier alpha value is -6.26. The van der Waals surface area contributed by atoms with E-state index >= 15 is 0 Å². The number of para-hydroxylation sites is 4. The Morgan fingerprint density at radius 1 is 0.261 bits per heavy atom. The van der Waals surface area contributed by atoms with Crippen LogP contribution in [0.5, 0.6) is 0 Å². The molecule has 0 saturated carbocycles. The maximum Gasteiger partial charge on any atom is 0.137 e. The summed E-state index contributed by atoms with van der Waals surface area (Å²) in [5, 5.41) is 4.39. The second-order valence-corrected chi connectivity index (χ2v) is 11.4. The van der Waals surface area contributed by atoms with Crippen molar-refractivity contribution in [3.8, 4) is 0 Å². The topological polar surface area (TPSA) is 32.8 Å². The standard InChI is InChI=1S/C42H28N2O2/c1-4-12-29(13-5-1)43(30-14-6-2-7-15-30)32-20-24-37-38-25-22-34(28-42(38)46-41(37)26-32)44(31-16-8-3-9-17-31)33-21-23-36-35-18-10-11-19-39(35)45-40(36)27-33/h1-28H. The summed E-state index contributed by atoms with van der Waals surface area (Å²) < 4.78 is 12.9. The molecule has 9 rings (SSSR count). The molecule has 0 aliphatic heterocycles. The molecule has 0 fully saturated rings. The first-order valence-corrected chi connectivity index (χ1v) is 15.4. The first-order chi connectivity index (χ1) is 22.8. The van der Waals surface area contributed by atoms with Gasteiger partial charge >= 0.3 is 0 Å². The first kappa shape index (κ1) is 26.2. The predicted octanol–water partition coefficient (Wildman–Crippen LogP) is 12.4. The van der Waals surface area contributed by atoms with Gasteiger partial charge in [0.1, 0.15) is 22.3 Å². The van der Waals surface area contributed by atoms with Gasteiger partial charge in [-0.3, -0.25) is 0 Å². The van der Waals surface area contributed by atoms with Crippen molar-refractivity contribution in [2.45, 2.75) is 0 Å². The normalized spacial score (nSPS) is 11.5. The number of anilines is 6. The second kappa shape index (κ2) is 10.7. The van der Waals surface area contributed by atoms with E-state index in [1.54, 1.807) is 0 Å². The molecule has 2 aromatic heterocycles. The molecule has 218 valence electrons. The smallest absolute Gasteiger partial charge is 0.137 e. The Labute approximate surface area is 265 Å². The third kappa shape index (κ3) is 4.39. The summed E-state index contributed by atoms with van der Waals surface area (Å²) in [5.41, 5.74) is 9.71. The van der Waals surface area contributed by atoms with Gasteiger partial charge < -0.3 is 18.6 Å². The largest absolute Gasteiger partial charge is 0.456 e. The average Bonchev–Trinajstić information content (AvgIpc) is 3.67. The van der Waals surface area contributed by atoms with Crippen LogP contribution < -0.4 is 9.80 Å². The minimum atomic E-state index is 0.835. The molecule has 0 N–H and O–H groups in total. The molecule has 4 heteroatoms. The zero-order valence-electron chi connectivity index (χ0n) is 24.9. The Morgan fingerprint density at radius 2 is 0.587 bits per heavy atom. The number of rotatable bonds is 6. The van der Waals surface area contributed by atoms with Crippen LogP contribution in [0, 0.1) is 0 Å².